The summed E-state index contributed by atoms with van der Waals surface area (Å²) in [5.74, 6) is -0.139. The Morgan fingerprint density at radius 2 is 1.49 bits per heavy atom. The second kappa shape index (κ2) is 13.5. The van der Waals surface area contributed by atoms with Gasteiger partial charge in [0.2, 0.25) is 0 Å². The average molecular weight is 751 g/mol. The maximum absolute atomic E-state index is 13.0. The molecule has 12 nitrogen and oxygen atoms in total. The van der Waals surface area contributed by atoms with E-state index in [-0.39, 0.29) is 46.7 Å². The minimum atomic E-state index is -1.57. The second-order valence-corrected chi connectivity index (χ2v) is 20.0. The van der Waals surface area contributed by atoms with Crippen LogP contribution in [-0.2, 0) is 23.7 Å². The summed E-state index contributed by atoms with van der Waals surface area (Å²) in [5, 5.41) is 74.8. The number of aliphatic hydroxyl groups is 6. The van der Waals surface area contributed by atoms with E-state index in [1.807, 2.05) is 0 Å². The van der Waals surface area contributed by atoms with Gasteiger partial charge in [0.1, 0.15) is 36.6 Å². The van der Waals surface area contributed by atoms with Gasteiger partial charge in [0, 0.05) is 5.41 Å². The number of aliphatic carboxylic acids is 1. The van der Waals surface area contributed by atoms with Crippen LogP contribution in [-0.4, -0.2) is 116 Å². The Morgan fingerprint density at radius 1 is 0.811 bits per heavy atom. The minimum absolute atomic E-state index is 0.0397. The molecule has 2 heterocycles. The number of carboxylic acid groups (broad SMARTS) is 1. The van der Waals surface area contributed by atoms with Crippen LogP contribution < -0.4 is 0 Å². The number of carboxylic acids is 1. The van der Waals surface area contributed by atoms with Gasteiger partial charge in [-0.3, -0.25) is 4.79 Å². The molecule has 7 aliphatic rings. The van der Waals surface area contributed by atoms with Crippen molar-refractivity contribution >= 4 is 5.97 Å². The van der Waals surface area contributed by atoms with E-state index in [0.29, 0.717) is 18.8 Å². The first-order valence-electron chi connectivity index (χ1n) is 20.2. The Hall–Kier alpha value is -1.19. The molecule has 7 rings (SSSR count). The highest BCUT2D eigenvalue weighted by Gasteiger charge is 2.70. The lowest BCUT2D eigenvalue weighted by atomic mass is 9.33. The van der Waals surface area contributed by atoms with Crippen molar-refractivity contribution in [1.82, 2.24) is 0 Å². The van der Waals surface area contributed by atoms with Crippen molar-refractivity contribution in [2.24, 2.45) is 50.2 Å². The lowest BCUT2D eigenvalue weighted by Gasteiger charge is -2.71. The highest BCUT2D eigenvalue weighted by atomic mass is 16.7. The number of carbonyl (C=O) groups is 1. The van der Waals surface area contributed by atoms with E-state index in [1.165, 1.54) is 12.5 Å². The van der Waals surface area contributed by atoms with E-state index in [9.17, 15) is 40.5 Å². The van der Waals surface area contributed by atoms with Crippen molar-refractivity contribution in [2.75, 3.05) is 13.2 Å². The fraction of sp³-hybridized carbons (Fsp3) is 0.927. The molecule has 0 bridgehead atoms. The third-order valence-corrected chi connectivity index (χ3v) is 17.0. The quantitative estimate of drug-likeness (QED) is 0.155. The van der Waals surface area contributed by atoms with Crippen molar-refractivity contribution in [2.45, 2.75) is 174 Å². The fourth-order valence-corrected chi connectivity index (χ4v) is 13.3. The van der Waals surface area contributed by atoms with Crippen LogP contribution in [0, 0.1) is 50.2 Å². The van der Waals surface area contributed by atoms with Gasteiger partial charge >= 0.3 is 5.97 Å². The molecule has 0 amide bonds. The standard InChI is InChI=1S/C41H66O12/c1-21-28(43)30(45)32(47)34(51-21)52-24-19-50-33(31(46)29(24)44)53-27-11-12-37(4)25(38(27,5)20-42)10-13-40(7)26(37)9-8-22-23-18-36(2,3)14-16-41(23,35(48)49)17-15-39(22,40)6/h8,21,23-34,42-47H,9-20H2,1-7H3,(H,48,49)/t21-,23+,24-,25-,26+,27-,28+,29+,30+,31+,32+,33-,34-,37+,38+,39-,40-,41+/m1/s1. The molecule has 4 saturated carbocycles. The zero-order valence-corrected chi connectivity index (χ0v) is 32.7. The summed E-state index contributed by atoms with van der Waals surface area (Å²) in [7, 11) is 0. The Bertz CT molecular complexity index is 1440. The molecule has 0 radical (unpaired) electrons. The smallest absolute Gasteiger partial charge is 0.310 e. The summed E-state index contributed by atoms with van der Waals surface area (Å²) >= 11 is 0. The molecule has 0 spiro atoms. The van der Waals surface area contributed by atoms with E-state index in [2.05, 4.69) is 47.6 Å². The van der Waals surface area contributed by atoms with Crippen LogP contribution in [0.4, 0.5) is 0 Å². The van der Waals surface area contributed by atoms with Crippen LogP contribution in [0.1, 0.15) is 113 Å². The lowest BCUT2D eigenvalue weighted by molar-refractivity contribution is -0.350. The number of hydrogen-bond donors (Lipinski definition) is 7. The summed E-state index contributed by atoms with van der Waals surface area (Å²) < 4.78 is 23.8. The van der Waals surface area contributed by atoms with E-state index < -0.39 is 78.2 Å². The maximum Gasteiger partial charge on any atom is 0.310 e. The summed E-state index contributed by atoms with van der Waals surface area (Å²) in [4.78, 5) is 13.0. The first kappa shape index (κ1) is 40.0. The van der Waals surface area contributed by atoms with Crippen LogP contribution in [0.25, 0.3) is 0 Å². The summed E-state index contributed by atoms with van der Waals surface area (Å²) in [5.41, 5.74) is -0.134. The number of rotatable bonds is 6. The predicted octanol–water partition coefficient (Wildman–Crippen LogP) is 3.52. The molecule has 0 unspecified atom stereocenters. The van der Waals surface area contributed by atoms with E-state index in [1.54, 1.807) is 0 Å². The van der Waals surface area contributed by atoms with Gasteiger partial charge in [-0.05, 0) is 111 Å². The monoisotopic (exact) mass is 750 g/mol. The van der Waals surface area contributed by atoms with E-state index in [4.69, 9.17) is 18.9 Å². The molecule has 7 N–H and O–H groups in total. The first-order valence-corrected chi connectivity index (χ1v) is 20.2. The maximum atomic E-state index is 13.0. The lowest BCUT2D eigenvalue weighted by Crippen LogP contribution is -2.66. The van der Waals surface area contributed by atoms with Crippen molar-refractivity contribution in [3.05, 3.63) is 11.6 Å². The van der Waals surface area contributed by atoms with Gasteiger partial charge in [-0.2, -0.15) is 0 Å². The minimum Gasteiger partial charge on any atom is -0.481 e. The Balaban J connectivity index is 1.08. The van der Waals surface area contributed by atoms with E-state index >= 15 is 0 Å². The summed E-state index contributed by atoms with van der Waals surface area (Å²) in [6, 6.07) is 0. The number of ether oxygens (including phenoxy) is 4. The van der Waals surface area contributed by atoms with Gasteiger partial charge in [0.25, 0.3) is 0 Å². The van der Waals surface area contributed by atoms with Gasteiger partial charge in [-0.1, -0.05) is 53.2 Å². The number of hydrogen-bond acceptors (Lipinski definition) is 11. The molecular formula is C41H66O12. The third-order valence-electron chi connectivity index (χ3n) is 17.0. The molecule has 0 aromatic heterocycles. The van der Waals surface area contributed by atoms with Gasteiger partial charge in [-0.15, -0.1) is 0 Å². The van der Waals surface area contributed by atoms with Gasteiger partial charge in [0.15, 0.2) is 12.6 Å². The van der Waals surface area contributed by atoms with Crippen molar-refractivity contribution < 1.29 is 59.5 Å². The number of aliphatic hydroxyl groups excluding tert-OH is 6. The highest BCUT2D eigenvalue weighted by molar-refractivity contribution is 5.76. The third kappa shape index (κ3) is 5.85. The molecule has 0 aromatic carbocycles. The predicted molar refractivity (Wildman–Crippen MR) is 192 cm³/mol. The van der Waals surface area contributed by atoms with Crippen LogP contribution in [0.15, 0.2) is 11.6 Å². The number of allylic oxidation sites excluding steroid dienone is 2. The zero-order chi connectivity index (χ0) is 38.7. The molecule has 53 heavy (non-hydrogen) atoms. The molecule has 12 heteroatoms. The van der Waals surface area contributed by atoms with Gasteiger partial charge in [0.05, 0.1) is 30.8 Å². The first-order chi connectivity index (χ1) is 24.7. The molecule has 5 aliphatic carbocycles. The van der Waals surface area contributed by atoms with Crippen LogP contribution >= 0.6 is 0 Å². The normalized spacial score (nSPS) is 55.1. The summed E-state index contributed by atoms with van der Waals surface area (Å²) in [6.07, 6.45) is -1.40. The molecule has 18 atom stereocenters. The van der Waals surface area contributed by atoms with Crippen LogP contribution in [0.2, 0.25) is 0 Å². The van der Waals surface area contributed by atoms with Gasteiger partial charge in [-0.25, -0.2) is 0 Å². The Kier molecular flexibility index (Phi) is 10.2. The highest BCUT2D eigenvalue weighted by Crippen LogP contribution is 2.76. The van der Waals surface area contributed by atoms with E-state index in [0.717, 1.165) is 51.4 Å². The van der Waals surface area contributed by atoms with Crippen LogP contribution in [0.3, 0.4) is 0 Å². The number of fused-ring (bicyclic) bond motifs is 7. The summed E-state index contributed by atoms with van der Waals surface area (Å²) in [6.45, 7) is 15.2. The molecular weight excluding hydrogens is 684 g/mol. The molecule has 2 aliphatic heterocycles. The van der Waals surface area contributed by atoms with Crippen molar-refractivity contribution in [3.8, 4) is 0 Å². The SMILES string of the molecule is C[C@H]1O[C@H](O[C@@H]2CO[C@H](O[C@@H]3CC[C@@]4(C)[C@@H](CC[C@]5(C)[C@H]4CC=C4[C@@H]6CC(C)(C)CC[C@]6(C(=O)O)CC[C@]45C)[C@]3(C)CO)[C@@H](O)[C@H]2O)[C@@H](O)[C@@H](O)[C@H]1O. The molecule has 0 aromatic rings. The fourth-order valence-electron chi connectivity index (χ4n) is 13.3. The zero-order valence-electron chi connectivity index (χ0n) is 32.7. The molecule has 2 saturated heterocycles. The molecule has 302 valence electrons. The largest absolute Gasteiger partial charge is 0.481 e. The van der Waals surface area contributed by atoms with Crippen molar-refractivity contribution in [3.63, 3.8) is 0 Å². The average Bonchev–Trinajstić information content (AvgIpc) is 3.10. The topological polar surface area (TPSA) is 196 Å². The second-order valence-electron chi connectivity index (χ2n) is 20.0. The van der Waals surface area contributed by atoms with Gasteiger partial charge < -0.3 is 54.7 Å². The Labute approximate surface area is 314 Å². The van der Waals surface area contributed by atoms with Crippen LogP contribution in [0.5, 0.6) is 0 Å². The van der Waals surface area contributed by atoms with Crippen molar-refractivity contribution in [1.29, 1.82) is 0 Å². The Morgan fingerprint density at radius 3 is 2.17 bits per heavy atom. The molecule has 6 fully saturated rings.